The molecule has 1 rings (SSSR count). The van der Waals surface area contributed by atoms with E-state index >= 15 is 0 Å². The topological polar surface area (TPSA) is 80.8 Å². The maximum Gasteiger partial charge on any atom is 0.428 e. The van der Waals surface area contributed by atoms with Gasteiger partial charge < -0.3 is 9.53 Å². The Morgan fingerprint density at radius 1 is 1.27 bits per heavy atom. The SMILES string of the molecule is CC(C)(C)OC(=O)N(c1ccc(Br)cc1)S(=O)(=O)CCC=O. The molecule has 0 heterocycles. The minimum absolute atomic E-state index is 0.156. The zero-order valence-electron chi connectivity index (χ0n) is 12.6. The monoisotopic (exact) mass is 391 g/mol. The fourth-order valence-corrected chi connectivity index (χ4v) is 3.10. The summed E-state index contributed by atoms with van der Waals surface area (Å²) in [6, 6.07) is 6.18. The highest BCUT2D eigenvalue weighted by Gasteiger charge is 2.32. The quantitative estimate of drug-likeness (QED) is 0.720. The number of ether oxygens (including phenoxy) is 1. The van der Waals surface area contributed by atoms with Gasteiger partial charge in [0, 0.05) is 10.9 Å². The minimum Gasteiger partial charge on any atom is -0.443 e. The maximum atomic E-state index is 12.4. The van der Waals surface area contributed by atoms with Crippen molar-refractivity contribution in [3.8, 4) is 0 Å². The first-order valence-electron chi connectivity index (χ1n) is 6.52. The predicted octanol–water partition coefficient (Wildman–Crippen LogP) is 3.11. The number of rotatable bonds is 5. The van der Waals surface area contributed by atoms with Crippen molar-refractivity contribution in [2.75, 3.05) is 10.1 Å². The van der Waals surface area contributed by atoms with E-state index < -0.39 is 27.5 Å². The number of aldehydes is 1. The molecule has 0 unspecified atom stereocenters. The van der Waals surface area contributed by atoms with Crippen molar-refractivity contribution in [3.05, 3.63) is 28.7 Å². The average molecular weight is 392 g/mol. The number of nitrogens with zero attached hydrogens (tertiary/aromatic N) is 1. The van der Waals surface area contributed by atoms with E-state index in [2.05, 4.69) is 15.9 Å². The minimum atomic E-state index is -4.01. The molecule has 0 saturated carbocycles. The molecule has 122 valence electrons. The lowest BCUT2D eigenvalue weighted by atomic mass is 10.2. The molecule has 0 spiro atoms. The molecule has 0 radical (unpaired) electrons. The molecule has 0 aliphatic heterocycles. The summed E-state index contributed by atoms with van der Waals surface area (Å²) in [5.41, 5.74) is -0.687. The summed E-state index contributed by atoms with van der Waals surface area (Å²) in [5, 5.41) is 0. The van der Waals surface area contributed by atoms with Crippen LogP contribution in [0.3, 0.4) is 0 Å². The van der Waals surface area contributed by atoms with E-state index in [4.69, 9.17) is 4.74 Å². The number of hydrogen-bond donors (Lipinski definition) is 0. The van der Waals surface area contributed by atoms with Gasteiger partial charge in [-0.15, -0.1) is 0 Å². The molecule has 0 fully saturated rings. The summed E-state index contributed by atoms with van der Waals surface area (Å²) >= 11 is 3.24. The van der Waals surface area contributed by atoms with Crippen LogP contribution in [0.25, 0.3) is 0 Å². The van der Waals surface area contributed by atoms with Crippen LogP contribution in [0.5, 0.6) is 0 Å². The summed E-state index contributed by atoms with van der Waals surface area (Å²) < 4.78 is 31.2. The Bertz CT molecular complexity index is 634. The van der Waals surface area contributed by atoms with E-state index in [9.17, 15) is 18.0 Å². The van der Waals surface area contributed by atoms with Crippen LogP contribution in [0, 0.1) is 0 Å². The Labute approximate surface area is 138 Å². The van der Waals surface area contributed by atoms with Crippen molar-refractivity contribution in [1.82, 2.24) is 0 Å². The Kier molecular flexibility index (Phi) is 6.13. The van der Waals surface area contributed by atoms with E-state index in [1.165, 1.54) is 12.1 Å². The van der Waals surface area contributed by atoms with Gasteiger partial charge in [-0.25, -0.2) is 13.2 Å². The molecule has 0 saturated heterocycles. The second kappa shape index (κ2) is 7.23. The van der Waals surface area contributed by atoms with Crippen LogP contribution in [0.1, 0.15) is 27.2 Å². The molecule has 0 aromatic heterocycles. The predicted molar refractivity (Wildman–Crippen MR) is 87.3 cm³/mol. The van der Waals surface area contributed by atoms with Crippen molar-refractivity contribution in [2.45, 2.75) is 32.8 Å². The smallest absolute Gasteiger partial charge is 0.428 e. The van der Waals surface area contributed by atoms with Gasteiger partial charge in [-0.1, -0.05) is 15.9 Å². The zero-order chi connectivity index (χ0) is 17.0. The molecule has 8 heteroatoms. The van der Waals surface area contributed by atoms with E-state index in [1.807, 2.05) is 0 Å². The van der Waals surface area contributed by atoms with Crippen LogP contribution in [-0.2, 0) is 19.6 Å². The normalized spacial score (nSPS) is 11.8. The van der Waals surface area contributed by atoms with Gasteiger partial charge in [0.1, 0.15) is 11.9 Å². The Balaban J connectivity index is 3.23. The van der Waals surface area contributed by atoms with Crippen molar-refractivity contribution >= 4 is 44.0 Å². The van der Waals surface area contributed by atoms with E-state index in [0.717, 1.165) is 4.47 Å². The van der Waals surface area contributed by atoms with Gasteiger partial charge in [-0.3, -0.25) is 0 Å². The Morgan fingerprint density at radius 3 is 2.27 bits per heavy atom. The lowest BCUT2D eigenvalue weighted by Crippen LogP contribution is -2.42. The summed E-state index contributed by atoms with van der Waals surface area (Å²) in [6.45, 7) is 4.92. The van der Waals surface area contributed by atoms with Crippen LogP contribution >= 0.6 is 15.9 Å². The third-order valence-electron chi connectivity index (χ3n) is 2.39. The molecule has 0 N–H and O–H groups in total. The van der Waals surface area contributed by atoms with Crippen LogP contribution in [0.2, 0.25) is 0 Å². The fourth-order valence-electron chi connectivity index (χ4n) is 1.55. The first kappa shape index (κ1) is 18.6. The fraction of sp³-hybridized carbons (Fsp3) is 0.429. The highest BCUT2D eigenvalue weighted by atomic mass is 79.9. The van der Waals surface area contributed by atoms with Gasteiger partial charge in [-0.2, -0.15) is 4.31 Å². The third kappa shape index (κ3) is 5.42. The van der Waals surface area contributed by atoms with Crippen molar-refractivity contribution < 1.29 is 22.7 Å². The molecule has 1 amide bonds. The number of anilines is 1. The van der Waals surface area contributed by atoms with Gasteiger partial charge in [0.05, 0.1) is 11.4 Å². The zero-order valence-corrected chi connectivity index (χ0v) is 15.0. The summed E-state index contributed by atoms with van der Waals surface area (Å²) in [6.07, 6.45) is -0.703. The van der Waals surface area contributed by atoms with E-state index in [1.54, 1.807) is 32.9 Å². The number of carbonyl (C=O) groups excluding carboxylic acids is 2. The number of sulfonamides is 1. The lowest BCUT2D eigenvalue weighted by Gasteiger charge is -2.26. The molecule has 0 aliphatic rings. The number of halogens is 1. The first-order valence-corrected chi connectivity index (χ1v) is 8.92. The summed E-state index contributed by atoms with van der Waals surface area (Å²) in [5.74, 6) is -0.466. The van der Waals surface area contributed by atoms with E-state index in [0.29, 0.717) is 10.6 Å². The molecule has 1 aromatic carbocycles. The van der Waals surface area contributed by atoms with Crippen LogP contribution in [0.15, 0.2) is 28.7 Å². The number of amides is 1. The average Bonchev–Trinajstić information content (AvgIpc) is 2.36. The van der Waals surface area contributed by atoms with Gasteiger partial charge >= 0.3 is 6.09 Å². The maximum absolute atomic E-state index is 12.4. The highest BCUT2D eigenvalue weighted by Crippen LogP contribution is 2.24. The largest absolute Gasteiger partial charge is 0.443 e. The molecule has 6 nitrogen and oxygen atoms in total. The van der Waals surface area contributed by atoms with E-state index in [-0.39, 0.29) is 12.1 Å². The Morgan fingerprint density at radius 2 is 1.82 bits per heavy atom. The standard InChI is InChI=1S/C14H18BrNO5S/c1-14(2,3)21-13(18)16(22(19,20)10-4-9-17)12-7-5-11(15)6-8-12/h5-9H,4,10H2,1-3H3. The molecule has 0 bridgehead atoms. The van der Waals surface area contributed by atoms with Crippen LogP contribution in [0.4, 0.5) is 10.5 Å². The Hall–Kier alpha value is -1.41. The number of benzene rings is 1. The first-order chi connectivity index (χ1) is 10.1. The third-order valence-corrected chi connectivity index (χ3v) is 4.59. The highest BCUT2D eigenvalue weighted by molar-refractivity contribution is 9.10. The second-order valence-electron chi connectivity index (χ2n) is 5.49. The molecule has 0 atom stereocenters. The van der Waals surface area contributed by atoms with Crippen LogP contribution in [-0.4, -0.2) is 32.2 Å². The molecule has 1 aromatic rings. The van der Waals surface area contributed by atoms with Crippen molar-refractivity contribution in [2.24, 2.45) is 0 Å². The van der Waals surface area contributed by atoms with Gasteiger partial charge in [0.2, 0.25) is 10.0 Å². The summed E-state index contributed by atoms with van der Waals surface area (Å²) in [4.78, 5) is 22.7. The summed E-state index contributed by atoms with van der Waals surface area (Å²) in [7, 11) is -4.01. The number of carbonyl (C=O) groups is 2. The second-order valence-corrected chi connectivity index (χ2v) is 8.35. The molecular weight excluding hydrogens is 374 g/mol. The van der Waals surface area contributed by atoms with Crippen molar-refractivity contribution in [1.29, 1.82) is 0 Å². The van der Waals surface area contributed by atoms with Gasteiger partial charge in [-0.05, 0) is 45.0 Å². The number of hydrogen-bond acceptors (Lipinski definition) is 5. The molecule has 0 aliphatic carbocycles. The van der Waals surface area contributed by atoms with Gasteiger partial charge in [0.25, 0.3) is 0 Å². The van der Waals surface area contributed by atoms with Gasteiger partial charge in [0.15, 0.2) is 0 Å². The molecular formula is C14H18BrNO5S. The van der Waals surface area contributed by atoms with Crippen LogP contribution < -0.4 is 4.31 Å². The van der Waals surface area contributed by atoms with Crippen molar-refractivity contribution in [3.63, 3.8) is 0 Å². The molecule has 22 heavy (non-hydrogen) atoms. The lowest BCUT2D eigenvalue weighted by molar-refractivity contribution is -0.107.